The van der Waals surface area contributed by atoms with Crippen molar-refractivity contribution in [1.82, 2.24) is 0 Å². The van der Waals surface area contributed by atoms with Crippen LogP contribution in [0.25, 0.3) is 0 Å². The van der Waals surface area contributed by atoms with Crippen molar-refractivity contribution < 1.29 is 0 Å². The molecule has 0 saturated carbocycles. The SMILES string of the molecule is CCCCCCCCc1ccc(CC2=NCCC2(N)CC)cc1. The van der Waals surface area contributed by atoms with Gasteiger partial charge in [0.25, 0.3) is 0 Å². The summed E-state index contributed by atoms with van der Waals surface area (Å²) in [7, 11) is 0. The van der Waals surface area contributed by atoms with Crippen LogP contribution in [0.2, 0.25) is 0 Å². The summed E-state index contributed by atoms with van der Waals surface area (Å²) >= 11 is 0. The molecule has 0 saturated heterocycles. The van der Waals surface area contributed by atoms with Gasteiger partial charge in [0.2, 0.25) is 0 Å². The van der Waals surface area contributed by atoms with E-state index in [1.165, 1.54) is 61.8 Å². The topological polar surface area (TPSA) is 38.4 Å². The molecule has 0 aliphatic carbocycles. The molecule has 2 nitrogen and oxygen atoms in total. The molecule has 2 rings (SSSR count). The zero-order valence-electron chi connectivity index (χ0n) is 15.1. The van der Waals surface area contributed by atoms with Crippen LogP contribution in [0.15, 0.2) is 29.3 Å². The second kappa shape index (κ2) is 9.22. The van der Waals surface area contributed by atoms with E-state index < -0.39 is 0 Å². The fourth-order valence-corrected chi connectivity index (χ4v) is 3.43. The molecule has 1 aliphatic heterocycles. The molecule has 1 aromatic carbocycles. The van der Waals surface area contributed by atoms with E-state index in [0.29, 0.717) is 0 Å². The molecule has 1 unspecified atom stereocenters. The van der Waals surface area contributed by atoms with E-state index in [4.69, 9.17) is 5.73 Å². The number of aryl methyl sites for hydroxylation is 1. The van der Waals surface area contributed by atoms with Crippen molar-refractivity contribution in [3.63, 3.8) is 0 Å². The fourth-order valence-electron chi connectivity index (χ4n) is 3.43. The fraction of sp³-hybridized carbons (Fsp3) is 0.667. The Labute approximate surface area is 142 Å². The summed E-state index contributed by atoms with van der Waals surface area (Å²) in [6.45, 7) is 5.34. The Morgan fingerprint density at radius 3 is 2.30 bits per heavy atom. The van der Waals surface area contributed by atoms with Crippen LogP contribution in [-0.4, -0.2) is 17.8 Å². The Balaban J connectivity index is 1.76. The van der Waals surface area contributed by atoms with E-state index in [1.54, 1.807) is 0 Å². The molecule has 0 spiro atoms. The van der Waals surface area contributed by atoms with E-state index >= 15 is 0 Å². The van der Waals surface area contributed by atoms with Gasteiger partial charge in [-0.25, -0.2) is 0 Å². The molecule has 0 fully saturated rings. The maximum absolute atomic E-state index is 6.47. The minimum absolute atomic E-state index is 0.156. The molecular formula is C21H34N2. The Bertz CT molecular complexity index is 489. The monoisotopic (exact) mass is 314 g/mol. The summed E-state index contributed by atoms with van der Waals surface area (Å²) in [4.78, 5) is 4.65. The lowest BCUT2D eigenvalue weighted by Gasteiger charge is -2.24. The predicted octanol–water partition coefficient (Wildman–Crippen LogP) is 5.08. The Kier molecular flexibility index (Phi) is 7.29. The smallest absolute Gasteiger partial charge is 0.0558 e. The van der Waals surface area contributed by atoms with Crippen molar-refractivity contribution >= 4 is 5.71 Å². The van der Waals surface area contributed by atoms with Crippen LogP contribution >= 0.6 is 0 Å². The van der Waals surface area contributed by atoms with Crippen LogP contribution in [-0.2, 0) is 12.8 Å². The number of nitrogens with zero attached hydrogens (tertiary/aromatic N) is 1. The van der Waals surface area contributed by atoms with Gasteiger partial charge in [0, 0.05) is 18.7 Å². The minimum atomic E-state index is -0.156. The quantitative estimate of drug-likeness (QED) is 0.601. The molecule has 0 bridgehead atoms. The maximum atomic E-state index is 6.47. The first-order valence-electron chi connectivity index (χ1n) is 9.58. The summed E-state index contributed by atoms with van der Waals surface area (Å²) in [5.41, 5.74) is 10.3. The number of rotatable bonds is 10. The van der Waals surface area contributed by atoms with Gasteiger partial charge in [-0.3, -0.25) is 4.99 Å². The van der Waals surface area contributed by atoms with E-state index in [0.717, 1.165) is 25.8 Å². The van der Waals surface area contributed by atoms with Crippen LogP contribution in [0.3, 0.4) is 0 Å². The standard InChI is InChI=1S/C21H34N2/c1-3-5-6-7-8-9-10-18-11-13-19(14-12-18)17-20-21(22,4-2)15-16-23-20/h11-14H,3-10,15-17,22H2,1-2H3. The van der Waals surface area contributed by atoms with Crippen molar-refractivity contribution in [3.8, 4) is 0 Å². The average molecular weight is 315 g/mol. The van der Waals surface area contributed by atoms with E-state index in [-0.39, 0.29) is 5.54 Å². The zero-order chi connectivity index (χ0) is 16.5. The molecule has 2 heteroatoms. The van der Waals surface area contributed by atoms with Gasteiger partial charge in [0.15, 0.2) is 0 Å². The molecule has 0 radical (unpaired) electrons. The molecular weight excluding hydrogens is 280 g/mol. The normalized spacial score (nSPS) is 20.7. The van der Waals surface area contributed by atoms with Crippen molar-refractivity contribution in [3.05, 3.63) is 35.4 Å². The molecule has 1 heterocycles. The summed E-state index contributed by atoms with van der Waals surface area (Å²) < 4.78 is 0. The van der Waals surface area contributed by atoms with Gasteiger partial charge in [0.1, 0.15) is 0 Å². The molecule has 0 amide bonds. The highest BCUT2D eigenvalue weighted by Gasteiger charge is 2.32. The molecule has 23 heavy (non-hydrogen) atoms. The Morgan fingerprint density at radius 2 is 1.61 bits per heavy atom. The summed E-state index contributed by atoms with van der Waals surface area (Å²) in [6, 6.07) is 9.12. The van der Waals surface area contributed by atoms with Gasteiger partial charge >= 0.3 is 0 Å². The third-order valence-electron chi connectivity index (χ3n) is 5.28. The molecule has 1 atom stereocenters. The van der Waals surface area contributed by atoms with Crippen molar-refractivity contribution in [2.75, 3.05) is 6.54 Å². The van der Waals surface area contributed by atoms with Gasteiger partial charge in [0.05, 0.1) is 5.54 Å². The van der Waals surface area contributed by atoms with Gasteiger partial charge in [-0.05, 0) is 36.8 Å². The highest BCUT2D eigenvalue weighted by Crippen LogP contribution is 2.23. The third kappa shape index (κ3) is 5.46. The molecule has 2 N–H and O–H groups in total. The van der Waals surface area contributed by atoms with Gasteiger partial charge in [-0.1, -0.05) is 70.2 Å². The van der Waals surface area contributed by atoms with Crippen LogP contribution in [0.4, 0.5) is 0 Å². The van der Waals surface area contributed by atoms with E-state index in [1.807, 2.05) is 0 Å². The average Bonchev–Trinajstić information content (AvgIpc) is 2.94. The van der Waals surface area contributed by atoms with Gasteiger partial charge < -0.3 is 5.73 Å². The minimum Gasteiger partial charge on any atom is -0.320 e. The molecule has 128 valence electrons. The van der Waals surface area contributed by atoms with E-state index in [2.05, 4.69) is 43.1 Å². The summed E-state index contributed by atoms with van der Waals surface area (Å²) in [6.07, 6.45) is 12.3. The number of hydrogen-bond donors (Lipinski definition) is 1. The Hall–Kier alpha value is -1.15. The predicted molar refractivity (Wildman–Crippen MR) is 101 cm³/mol. The van der Waals surface area contributed by atoms with Crippen molar-refractivity contribution in [2.45, 2.75) is 83.6 Å². The van der Waals surface area contributed by atoms with Crippen molar-refractivity contribution in [1.29, 1.82) is 0 Å². The van der Waals surface area contributed by atoms with Crippen LogP contribution in [0, 0.1) is 0 Å². The van der Waals surface area contributed by atoms with Crippen LogP contribution < -0.4 is 5.73 Å². The number of aliphatic imine (C=N–C) groups is 1. The largest absolute Gasteiger partial charge is 0.320 e. The van der Waals surface area contributed by atoms with Crippen LogP contribution in [0.1, 0.15) is 76.3 Å². The third-order valence-corrected chi connectivity index (χ3v) is 5.28. The second-order valence-electron chi connectivity index (χ2n) is 7.10. The number of unbranched alkanes of at least 4 members (excludes halogenated alkanes) is 5. The summed E-state index contributed by atoms with van der Waals surface area (Å²) in [5, 5.41) is 0. The van der Waals surface area contributed by atoms with Crippen LogP contribution in [0.5, 0.6) is 0 Å². The highest BCUT2D eigenvalue weighted by molar-refractivity contribution is 5.96. The first-order chi connectivity index (χ1) is 11.2. The number of benzene rings is 1. The molecule has 1 aliphatic rings. The second-order valence-corrected chi connectivity index (χ2v) is 7.10. The van der Waals surface area contributed by atoms with Gasteiger partial charge in [-0.2, -0.15) is 0 Å². The highest BCUT2D eigenvalue weighted by atomic mass is 14.9. The van der Waals surface area contributed by atoms with E-state index in [9.17, 15) is 0 Å². The number of hydrogen-bond acceptors (Lipinski definition) is 2. The van der Waals surface area contributed by atoms with Crippen molar-refractivity contribution in [2.24, 2.45) is 10.7 Å². The maximum Gasteiger partial charge on any atom is 0.0558 e. The zero-order valence-corrected chi connectivity index (χ0v) is 15.1. The lowest BCUT2D eigenvalue weighted by molar-refractivity contribution is 0.536. The summed E-state index contributed by atoms with van der Waals surface area (Å²) in [5.74, 6) is 0. The lowest BCUT2D eigenvalue weighted by atomic mass is 9.87. The lowest BCUT2D eigenvalue weighted by Crippen LogP contribution is -2.45. The molecule has 1 aromatic rings. The Morgan fingerprint density at radius 1 is 0.957 bits per heavy atom. The van der Waals surface area contributed by atoms with Gasteiger partial charge in [-0.15, -0.1) is 0 Å². The number of nitrogens with two attached hydrogens (primary N) is 1. The first kappa shape index (κ1) is 18.2. The molecule has 0 aromatic heterocycles. The first-order valence-corrected chi connectivity index (χ1v) is 9.58.